The van der Waals surface area contributed by atoms with E-state index in [9.17, 15) is 14.0 Å². The molecular formula is C15H19FO3. The second-order valence-corrected chi connectivity index (χ2v) is 6.29. The number of halogens is 1. The molecule has 0 amide bonds. The molecule has 2 fully saturated rings. The number of allylic oxidation sites excluding steroid dienone is 2. The zero-order valence-corrected chi connectivity index (χ0v) is 11.3. The lowest BCUT2D eigenvalue weighted by Gasteiger charge is -2.34. The Hall–Kier alpha value is -1.19. The Bertz CT molecular complexity index is 446. The zero-order valence-electron chi connectivity index (χ0n) is 11.3. The van der Waals surface area contributed by atoms with Crippen molar-refractivity contribution < 1.29 is 18.7 Å². The number of fused-ring (bicyclic) bond motifs is 1. The van der Waals surface area contributed by atoms with Gasteiger partial charge >= 0.3 is 5.97 Å². The number of esters is 1. The van der Waals surface area contributed by atoms with Crippen molar-refractivity contribution in [2.45, 2.75) is 39.2 Å². The molecule has 0 saturated heterocycles. The Kier molecular flexibility index (Phi) is 2.99. The van der Waals surface area contributed by atoms with Crippen molar-refractivity contribution in [2.75, 3.05) is 0 Å². The highest BCUT2D eigenvalue weighted by molar-refractivity contribution is 6.05. The standard InChI is InChI=1S/C15H19FO3/c1-7-4-3-5-8(2)14(7)19-15(18)12-9-6-10(16)13(17)11(9)12/h6-9,11-12,14H,3-5H2,1-2H3/t7?,8?,9-,11+,12+,14?/m1/s1. The van der Waals surface area contributed by atoms with Crippen molar-refractivity contribution >= 4 is 11.8 Å². The van der Waals surface area contributed by atoms with Gasteiger partial charge in [-0.15, -0.1) is 0 Å². The number of rotatable bonds is 2. The summed E-state index contributed by atoms with van der Waals surface area (Å²) < 4.78 is 18.6. The van der Waals surface area contributed by atoms with Gasteiger partial charge in [0.15, 0.2) is 11.6 Å². The van der Waals surface area contributed by atoms with Gasteiger partial charge in [0.1, 0.15) is 6.10 Å². The van der Waals surface area contributed by atoms with Crippen LogP contribution in [0.4, 0.5) is 4.39 Å². The minimum atomic E-state index is -0.682. The Morgan fingerprint density at radius 2 is 1.95 bits per heavy atom. The summed E-state index contributed by atoms with van der Waals surface area (Å²) in [6.45, 7) is 4.21. The first kappa shape index (κ1) is 12.8. The van der Waals surface area contributed by atoms with Gasteiger partial charge in [0.05, 0.1) is 5.92 Å². The predicted octanol–water partition coefficient (Wildman–Crippen LogP) is 2.65. The average molecular weight is 266 g/mol. The molecule has 3 nitrogen and oxygen atoms in total. The first-order valence-electron chi connectivity index (χ1n) is 7.12. The summed E-state index contributed by atoms with van der Waals surface area (Å²) in [5.74, 6) is -1.90. The third kappa shape index (κ3) is 2.01. The van der Waals surface area contributed by atoms with Crippen LogP contribution in [-0.4, -0.2) is 17.9 Å². The molecule has 5 atom stereocenters. The number of carbonyl (C=O) groups is 2. The summed E-state index contributed by atoms with van der Waals surface area (Å²) >= 11 is 0. The number of carbonyl (C=O) groups excluding carboxylic acids is 2. The molecule has 19 heavy (non-hydrogen) atoms. The molecule has 0 heterocycles. The van der Waals surface area contributed by atoms with Crippen molar-refractivity contribution in [1.29, 1.82) is 0 Å². The monoisotopic (exact) mass is 266 g/mol. The minimum absolute atomic E-state index is 0.0495. The van der Waals surface area contributed by atoms with Crippen LogP contribution < -0.4 is 0 Å². The van der Waals surface area contributed by atoms with E-state index in [1.165, 1.54) is 12.5 Å². The topological polar surface area (TPSA) is 43.4 Å². The van der Waals surface area contributed by atoms with E-state index in [1.54, 1.807) is 0 Å². The second kappa shape index (κ2) is 4.43. The van der Waals surface area contributed by atoms with Crippen LogP contribution in [0.5, 0.6) is 0 Å². The molecule has 3 rings (SSSR count). The molecule has 0 bridgehead atoms. The SMILES string of the molecule is CC1CCCC(C)C1OC(=O)[C@H]1[C@@H]2C=C(F)C(=O)[C@@H]21. The Morgan fingerprint density at radius 1 is 1.32 bits per heavy atom. The largest absolute Gasteiger partial charge is 0.462 e. The number of ether oxygens (including phenoxy) is 1. The molecule has 3 aliphatic rings. The molecule has 4 heteroatoms. The van der Waals surface area contributed by atoms with Crippen LogP contribution in [0.1, 0.15) is 33.1 Å². The van der Waals surface area contributed by atoms with E-state index in [-0.39, 0.29) is 18.0 Å². The van der Waals surface area contributed by atoms with Gasteiger partial charge in [-0.05, 0) is 30.8 Å². The van der Waals surface area contributed by atoms with Gasteiger partial charge in [-0.25, -0.2) is 4.39 Å². The van der Waals surface area contributed by atoms with Crippen LogP contribution >= 0.6 is 0 Å². The van der Waals surface area contributed by atoms with Gasteiger partial charge in [0.2, 0.25) is 0 Å². The summed E-state index contributed by atoms with van der Waals surface area (Å²) in [5.41, 5.74) is 0. The van der Waals surface area contributed by atoms with Gasteiger partial charge in [-0.2, -0.15) is 0 Å². The fourth-order valence-electron chi connectivity index (χ4n) is 3.69. The van der Waals surface area contributed by atoms with E-state index < -0.39 is 23.4 Å². The molecular weight excluding hydrogens is 247 g/mol. The molecule has 0 aromatic heterocycles. The van der Waals surface area contributed by atoms with Crippen LogP contribution in [0.2, 0.25) is 0 Å². The molecule has 0 radical (unpaired) electrons. The highest BCUT2D eigenvalue weighted by Gasteiger charge is 2.63. The third-order valence-electron chi connectivity index (χ3n) is 4.92. The maximum absolute atomic E-state index is 13.0. The summed E-state index contributed by atoms with van der Waals surface area (Å²) in [6, 6.07) is 0. The highest BCUT2D eigenvalue weighted by atomic mass is 19.1. The second-order valence-electron chi connectivity index (χ2n) is 6.29. The molecule has 0 aromatic carbocycles. The number of hydrogen-bond donors (Lipinski definition) is 0. The number of ketones is 1. The van der Waals surface area contributed by atoms with Crippen LogP contribution in [0.25, 0.3) is 0 Å². The molecule has 104 valence electrons. The summed E-state index contributed by atoms with van der Waals surface area (Å²) in [4.78, 5) is 23.5. The lowest BCUT2D eigenvalue weighted by atomic mass is 9.80. The van der Waals surface area contributed by atoms with Gasteiger partial charge in [0.25, 0.3) is 0 Å². The van der Waals surface area contributed by atoms with Crippen molar-refractivity contribution in [3.63, 3.8) is 0 Å². The normalized spacial score (nSPS) is 44.6. The van der Waals surface area contributed by atoms with E-state index in [1.807, 2.05) is 0 Å². The molecule has 0 N–H and O–H groups in total. The molecule has 2 saturated carbocycles. The van der Waals surface area contributed by atoms with Gasteiger partial charge in [-0.3, -0.25) is 9.59 Å². The summed E-state index contributed by atoms with van der Waals surface area (Å²) in [6.07, 6.45) is 4.57. The van der Waals surface area contributed by atoms with Crippen LogP contribution in [0, 0.1) is 29.6 Å². The molecule has 0 aromatic rings. The highest BCUT2D eigenvalue weighted by Crippen LogP contribution is 2.55. The minimum Gasteiger partial charge on any atom is -0.462 e. The van der Waals surface area contributed by atoms with Crippen LogP contribution in [0.3, 0.4) is 0 Å². The summed E-state index contributed by atoms with van der Waals surface area (Å²) in [5, 5.41) is 0. The first-order valence-corrected chi connectivity index (χ1v) is 7.12. The Labute approximate surface area is 112 Å². The zero-order chi connectivity index (χ0) is 13.7. The fraction of sp³-hybridized carbons (Fsp3) is 0.733. The average Bonchev–Trinajstić information content (AvgIpc) is 2.99. The molecule has 0 aliphatic heterocycles. The van der Waals surface area contributed by atoms with Crippen molar-refractivity contribution in [2.24, 2.45) is 29.6 Å². The lowest BCUT2D eigenvalue weighted by Crippen LogP contribution is -2.35. The Morgan fingerprint density at radius 3 is 2.47 bits per heavy atom. The van der Waals surface area contributed by atoms with E-state index >= 15 is 0 Å². The maximum atomic E-state index is 13.0. The van der Waals surface area contributed by atoms with Gasteiger partial charge in [-0.1, -0.05) is 20.3 Å². The number of Topliss-reactive ketones (excluding diaryl/α,β-unsaturated/α-hetero) is 1. The third-order valence-corrected chi connectivity index (χ3v) is 4.92. The van der Waals surface area contributed by atoms with Crippen LogP contribution in [0.15, 0.2) is 11.9 Å². The van der Waals surface area contributed by atoms with E-state index in [4.69, 9.17) is 4.74 Å². The predicted molar refractivity (Wildman–Crippen MR) is 66.7 cm³/mol. The fourth-order valence-corrected chi connectivity index (χ4v) is 3.69. The van der Waals surface area contributed by atoms with Crippen molar-refractivity contribution in [3.8, 4) is 0 Å². The van der Waals surface area contributed by atoms with E-state index in [0.717, 1.165) is 12.8 Å². The Balaban J connectivity index is 1.63. The van der Waals surface area contributed by atoms with Crippen molar-refractivity contribution in [3.05, 3.63) is 11.9 Å². The van der Waals surface area contributed by atoms with E-state index in [2.05, 4.69) is 13.8 Å². The lowest BCUT2D eigenvalue weighted by molar-refractivity contribution is -0.159. The van der Waals surface area contributed by atoms with Gasteiger partial charge < -0.3 is 4.74 Å². The number of hydrogen-bond acceptors (Lipinski definition) is 3. The maximum Gasteiger partial charge on any atom is 0.310 e. The van der Waals surface area contributed by atoms with Crippen molar-refractivity contribution in [1.82, 2.24) is 0 Å². The van der Waals surface area contributed by atoms with Crippen LogP contribution in [-0.2, 0) is 14.3 Å². The summed E-state index contributed by atoms with van der Waals surface area (Å²) in [7, 11) is 0. The van der Waals surface area contributed by atoms with Gasteiger partial charge in [0, 0.05) is 11.8 Å². The first-order chi connectivity index (χ1) is 9.00. The molecule has 3 aliphatic carbocycles. The quantitative estimate of drug-likeness (QED) is 0.722. The smallest absolute Gasteiger partial charge is 0.310 e. The molecule has 0 spiro atoms. The van der Waals surface area contributed by atoms with E-state index in [0.29, 0.717) is 11.8 Å². The molecule has 2 unspecified atom stereocenters.